The van der Waals surface area contributed by atoms with Crippen molar-refractivity contribution in [1.82, 2.24) is 4.98 Å². The molecule has 0 bridgehead atoms. The number of halogens is 3. The molecule has 0 N–H and O–H groups in total. The lowest BCUT2D eigenvalue weighted by Gasteiger charge is -2.06. The SMILES string of the molecule is COC(=O)c1ccc(F)c(-c2ccc(Cl)c(Cl)c2)n1. The van der Waals surface area contributed by atoms with E-state index in [-0.39, 0.29) is 16.4 Å². The van der Waals surface area contributed by atoms with E-state index in [0.29, 0.717) is 10.6 Å². The summed E-state index contributed by atoms with van der Waals surface area (Å²) in [6, 6.07) is 6.99. The van der Waals surface area contributed by atoms with Crippen molar-refractivity contribution in [1.29, 1.82) is 0 Å². The molecule has 0 fully saturated rings. The molecular formula is C13H8Cl2FNO2. The number of carbonyl (C=O) groups excluding carboxylic acids is 1. The first-order chi connectivity index (χ1) is 9.02. The Morgan fingerprint density at radius 2 is 1.95 bits per heavy atom. The van der Waals surface area contributed by atoms with Gasteiger partial charge in [-0.2, -0.15) is 0 Å². The first-order valence-electron chi connectivity index (χ1n) is 5.23. The maximum Gasteiger partial charge on any atom is 0.356 e. The summed E-state index contributed by atoms with van der Waals surface area (Å²) in [4.78, 5) is 15.3. The molecule has 0 aliphatic carbocycles. The van der Waals surface area contributed by atoms with Crippen LogP contribution >= 0.6 is 23.2 Å². The van der Waals surface area contributed by atoms with Crippen molar-refractivity contribution in [2.75, 3.05) is 7.11 Å². The van der Waals surface area contributed by atoms with Crippen LogP contribution in [-0.4, -0.2) is 18.1 Å². The molecule has 19 heavy (non-hydrogen) atoms. The summed E-state index contributed by atoms with van der Waals surface area (Å²) < 4.78 is 18.3. The predicted octanol–water partition coefficient (Wildman–Crippen LogP) is 3.98. The van der Waals surface area contributed by atoms with Crippen molar-refractivity contribution in [3.05, 3.63) is 51.9 Å². The average Bonchev–Trinajstić information content (AvgIpc) is 2.41. The Bertz CT molecular complexity index is 647. The van der Waals surface area contributed by atoms with Gasteiger partial charge in [-0.1, -0.05) is 29.3 Å². The molecule has 0 saturated carbocycles. The Labute approximate surface area is 118 Å². The van der Waals surface area contributed by atoms with Gasteiger partial charge in [-0.15, -0.1) is 0 Å². The van der Waals surface area contributed by atoms with Crippen molar-refractivity contribution in [2.45, 2.75) is 0 Å². The van der Waals surface area contributed by atoms with Gasteiger partial charge < -0.3 is 4.74 Å². The number of rotatable bonds is 2. The van der Waals surface area contributed by atoms with Gasteiger partial charge in [-0.25, -0.2) is 14.2 Å². The van der Waals surface area contributed by atoms with Crippen LogP contribution in [0.3, 0.4) is 0 Å². The topological polar surface area (TPSA) is 39.2 Å². The van der Waals surface area contributed by atoms with Crippen molar-refractivity contribution in [3.63, 3.8) is 0 Å². The fourth-order valence-electron chi connectivity index (χ4n) is 1.51. The highest BCUT2D eigenvalue weighted by Crippen LogP contribution is 2.29. The Morgan fingerprint density at radius 3 is 2.58 bits per heavy atom. The summed E-state index contributed by atoms with van der Waals surface area (Å²) in [6.45, 7) is 0. The summed E-state index contributed by atoms with van der Waals surface area (Å²) in [5, 5.41) is 0.638. The molecule has 6 heteroatoms. The monoisotopic (exact) mass is 299 g/mol. The summed E-state index contributed by atoms with van der Waals surface area (Å²) in [5.41, 5.74) is 0.462. The molecule has 3 nitrogen and oxygen atoms in total. The highest BCUT2D eigenvalue weighted by atomic mass is 35.5. The van der Waals surface area contributed by atoms with Crippen LogP contribution in [0.2, 0.25) is 10.0 Å². The molecule has 0 aliphatic heterocycles. The first kappa shape index (κ1) is 13.8. The standard InChI is InChI=1S/C13H8Cl2FNO2/c1-19-13(18)11-5-4-10(16)12(17-11)7-2-3-8(14)9(15)6-7/h2-6H,1H3. The number of methoxy groups -OCH3 is 1. The summed E-state index contributed by atoms with van der Waals surface area (Å²) in [5.74, 6) is -1.20. The minimum atomic E-state index is -0.638. The quantitative estimate of drug-likeness (QED) is 0.787. The van der Waals surface area contributed by atoms with Crippen LogP contribution in [0.4, 0.5) is 4.39 Å². The number of ether oxygens (including phenoxy) is 1. The second kappa shape index (κ2) is 5.55. The van der Waals surface area contributed by atoms with Gasteiger partial charge in [0.05, 0.1) is 17.2 Å². The Hall–Kier alpha value is -1.65. The number of aromatic nitrogens is 1. The van der Waals surface area contributed by atoms with Gasteiger partial charge in [-0.05, 0) is 24.3 Å². The third kappa shape index (κ3) is 2.85. The van der Waals surface area contributed by atoms with E-state index in [0.717, 1.165) is 6.07 Å². The number of esters is 1. The molecule has 0 unspecified atom stereocenters. The van der Waals surface area contributed by atoms with Crippen molar-refractivity contribution >= 4 is 29.2 Å². The molecular weight excluding hydrogens is 292 g/mol. The molecule has 0 amide bonds. The number of benzene rings is 1. The lowest BCUT2D eigenvalue weighted by Crippen LogP contribution is -2.05. The van der Waals surface area contributed by atoms with Crippen molar-refractivity contribution in [3.8, 4) is 11.3 Å². The molecule has 1 aromatic heterocycles. The molecule has 2 rings (SSSR count). The maximum absolute atomic E-state index is 13.8. The van der Waals surface area contributed by atoms with Gasteiger partial charge in [-0.3, -0.25) is 0 Å². The molecule has 98 valence electrons. The van der Waals surface area contributed by atoms with E-state index >= 15 is 0 Å². The van der Waals surface area contributed by atoms with Gasteiger partial charge in [0.15, 0.2) is 0 Å². The van der Waals surface area contributed by atoms with E-state index in [1.807, 2.05) is 0 Å². The number of hydrogen-bond acceptors (Lipinski definition) is 3. The highest BCUT2D eigenvalue weighted by Gasteiger charge is 2.14. The molecule has 0 aliphatic rings. The molecule has 0 saturated heterocycles. The lowest BCUT2D eigenvalue weighted by molar-refractivity contribution is 0.0594. The fourth-order valence-corrected chi connectivity index (χ4v) is 1.80. The second-order valence-electron chi connectivity index (χ2n) is 3.65. The fraction of sp³-hybridized carbons (Fsp3) is 0.0769. The summed E-state index contributed by atoms with van der Waals surface area (Å²) >= 11 is 11.7. The third-order valence-electron chi connectivity index (χ3n) is 2.43. The number of nitrogens with zero attached hydrogens (tertiary/aromatic N) is 1. The van der Waals surface area contributed by atoms with Crippen LogP contribution < -0.4 is 0 Å². The Kier molecular flexibility index (Phi) is 4.02. The largest absolute Gasteiger partial charge is 0.464 e. The van der Waals surface area contributed by atoms with Crippen LogP contribution in [0.1, 0.15) is 10.5 Å². The zero-order chi connectivity index (χ0) is 14.0. The van der Waals surface area contributed by atoms with E-state index in [1.54, 1.807) is 6.07 Å². The van der Waals surface area contributed by atoms with E-state index in [4.69, 9.17) is 23.2 Å². The van der Waals surface area contributed by atoms with Gasteiger partial charge in [0, 0.05) is 5.56 Å². The highest BCUT2D eigenvalue weighted by molar-refractivity contribution is 6.42. The van der Waals surface area contributed by atoms with Crippen LogP contribution in [0, 0.1) is 5.82 Å². The predicted molar refractivity (Wildman–Crippen MR) is 71.0 cm³/mol. The molecule has 2 aromatic rings. The van der Waals surface area contributed by atoms with Crippen LogP contribution in [0.25, 0.3) is 11.3 Å². The third-order valence-corrected chi connectivity index (χ3v) is 3.17. The summed E-state index contributed by atoms with van der Waals surface area (Å²) in [7, 11) is 1.23. The Morgan fingerprint density at radius 1 is 1.21 bits per heavy atom. The van der Waals surface area contributed by atoms with Crippen LogP contribution in [-0.2, 0) is 4.74 Å². The minimum absolute atomic E-state index is 0.0152. The average molecular weight is 300 g/mol. The van der Waals surface area contributed by atoms with E-state index in [1.165, 1.54) is 25.3 Å². The first-order valence-corrected chi connectivity index (χ1v) is 5.99. The molecule has 0 atom stereocenters. The zero-order valence-electron chi connectivity index (χ0n) is 9.78. The number of pyridine rings is 1. The molecule has 1 heterocycles. The second-order valence-corrected chi connectivity index (χ2v) is 4.46. The van der Waals surface area contributed by atoms with Gasteiger partial charge in [0.25, 0.3) is 0 Å². The van der Waals surface area contributed by atoms with Crippen LogP contribution in [0.15, 0.2) is 30.3 Å². The van der Waals surface area contributed by atoms with E-state index < -0.39 is 11.8 Å². The maximum atomic E-state index is 13.8. The normalized spacial score (nSPS) is 10.3. The number of carbonyl (C=O) groups is 1. The van der Waals surface area contributed by atoms with Gasteiger partial charge in [0.2, 0.25) is 0 Å². The van der Waals surface area contributed by atoms with Crippen molar-refractivity contribution in [2.24, 2.45) is 0 Å². The smallest absolute Gasteiger partial charge is 0.356 e. The van der Waals surface area contributed by atoms with E-state index in [9.17, 15) is 9.18 Å². The van der Waals surface area contributed by atoms with E-state index in [2.05, 4.69) is 9.72 Å². The Balaban J connectivity index is 2.54. The van der Waals surface area contributed by atoms with Gasteiger partial charge >= 0.3 is 5.97 Å². The molecule has 0 radical (unpaired) electrons. The summed E-state index contributed by atoms with van der Waals surface area (Å²) in [6.07, 6.45) is 0. The molecule has 1 aromatic carbocycles. The van der Waals surface area contributed by atoms with Crippen molar-refractivity contribution < 1.29 is 13.9 Å². The van der Waals surface area contributed by atoms with Gasteiger partial charge in [0.1, 0.15) is 17.2 Å². The number of hydrogen-bond donors (Lipinski definition) is 0. The molecule has 0 spiro atoms. The van der Waals surface area contributed by atoms with Crippen LogP contribution in [0.5, 0.6) is 0 Å². The zero-order valence-corrected chi connectivity index (χ0v) is 11.3. The minimum Gasteiger partial charge on any atom is -0.464 e. The lowest BCUT2D eigenvalue weighted by atomic mass is 10.1.